The van der Waals surface area contributed by atoms with Crippen LogP contribution in [0.5, 0.6) is 0 Å². The van der Waals surface area contributed by atoms with Gasteiger partial charge in [0.25, 0.3) is 0 Å². The van der Waals surface area contributed by atoms with Crippen LogP contribution < -0.4 is 5.01 Å². The molecule has 2 aromatic rings. The van der Waals surface area contributed by atoms with Crippen LogP contribution in [0.2, 0.25) is 0 Å². The predicted molar refractivity (Wildman–Crippen MR) is 73.8 cm³/mol. The molecule has 0 amide bonds. The molecular weight excluding hydrogens is 242 g/mol. The molecule has 1 heterocycles. The molecule has 0 aliphatic carbocycles. The Bertz CT molecular complexity index is 588. The fourth-order valence-electron chi connectivity index (χ4n) is 2.06. The molecule has 0 spiro atoms. The van der Waals surface area contributed by atoms with E-state index < -0.39 is 5.97 Å². The number of imidazole rings is 1. The molecule has 1 aromatic heterocycles. The van der Waals surface area contributed by atoms with Gasteiger partial charge in [-0.2, -0.15) is 0 Å². The predicted octanol–water partition coefficient (Wildman–Crippen LogP) is 1.84. The number of methoxy groups -OCH3 is 1. The van der Waals surface area contributed by atoms with E-state index in [9.17, 15) is 4.79 Å². The maximum Gasteiger partial charge on any atom is 0.376 e. The second-order valence-corrected chi connectivity index (χ2v) is 4.39. The smallest absolute Gasteiger partial charge is 0.376 e. The van der Waals surface area contributed by atoms with E-state index in [1.807, 2.05) is 56.4 Å². The molecule has 0 saturated heterocycles. The van der Waals surface area contributed by atoms with Crippen molar-refractivity contribution in [3.8, 4) is 11.3 Å². The van der Waals surface area contributed by atoms with Crippen molar-refractivity contribution in [2.75, 3.05) is 26.2 Å². The van der Waals surface area contributed by atoms with Crippen LogP contribution in [0.1, 0.15) is 16.3 Å². The van der Waals surface area contributed by atoms with Gasteiger partial charge in [-0.1, -0.05) is 30.3 Å². The highest BCUT2D eigenvalue weighted by atomic mass is 16.5. The van der Waals surface area contributed by atoms with Crippen LogP contribution in [0.3, 0.4) is 0 Å². The van der Waals surface area contributed by atoms with Crippen LogP contribution in [0.15, 0.2) is 30.3 Å². The minimum absolute atomic E-state index is 0.281. The molecular formula is C14H17N3O2. The van der Waals surface area contributed by atoms with E-state index in [4.69, 9.17) is 4.74 Å². The van der Waals surface area contributed by atoms with Gasteiger partial charge in [-0.3, -0.25) is 0 Å². The van der Waals surface area contributed by atoms with Crippen molar-refractivity contribution < 1.29 is 9.53 Å². The number of aryl methyl sites for hydroxylation is 1. The Morgan fingerprint density at radius 2 is 1.89 bits per heavy atom. The quantitative estimate of drug-likeness (QED) is 0.789. The lowest BCUT2D eigenvalue weighted by atomic mass is 10.1. The summed E-state index contributed by atoms with van der Waals surface area (Å²) in [5.41, 5.74) is 2.70. The first-order valence-electron chi connectivity index (χ1n) is 5.97. The fraction of sp³-hybridized carbons (Fsp3) is 0.286. The maximum atomic E-state index is 11.8. The molecule has 1 aromatic carbocycles. The number of hydrogen-bond acceptors (Lipinski definition) is 4. The summed E-state index contributed by atoms with van der Waals surface area (Å²) >= 11 is 0. The van der Waals surface area contributed by atoms with Gasteiger partial charge < -0.3 is 9.75 Å². The summed E-state index contributed by atoms with van der Waals surface area (Å²) in [6.07, 6.45) is 0. The minimum Gasteiger partial charge on any atom is -0.463 e. The zero-order chi connectivity index (χ0) is 14.0. The normalized spacial score (nSPS) is 10.3. The number of hydrogen-bond donors (Lipinski definition) is 0. The third-order valence-corrected chi connectivity index (χ3v) is 2.84. The molecule has 0 bridgehead atoms. The molecule has 19 heavy (non-hydrogen) atoms. The van der Waals surface area contributed by atoms with Crippen molar-refractivity contribution in [3.63, 3.8) is 0 Å². The summed E-state index contributed by atoms with van der Waals surface area (Å²) in [5, 5.41) is 1.81. The van der Waals surface area contributed by atoms with Crippen LogP contribution in [0, 0.1) is 6.92 Å². The lowest BCUT2D eigenvalue weighted by Crippen LogP contribution is -2.29. The molecule has 0 saturated carbocycles. The van der Waals surface area contributed by atoms with Crippen molar-refractivity contribution >= 4 is 5.97 Å². The van der Waals surface area contributed by atoms with Crippen molar-refractivity contribution in [1.29, 1.82) is 0 Å². The fourth-order valence-corrected chi connectivity index (χ4v) is 2.06. The number of esters is 1. The van der Waals surface area contributed by atoms with Gasteiger partial charge in [-0.25, -0.2) is 14.5 Å². The lowest BCUT2D eigenvalue weighted by Gasteiger charge is -2.19. The summed E-state index contributed by atoms with van der Waals surface area (Å²) in [6, 6.07) is 9.85. The molecule has 2 rings (SSSR count). The summed E-state index contributed by atoms with van der Waals surface area (Å²) < 4.78 is 6.54. The molecule has 5 heteroatoms. The molecule has 5 nitrogen and oxygen atoms in total. The molecule has 100 valence electrons. The Morgan fingerprint density at radius 1 is 1.26 bits per heavy atom. The molecule has 0 N–H and O–H groups in total. The van der Waals surface area contributed by atoms with Crippen LogP contribution >= 0.6 is 0 Å². The topological polar surface area (TPSA) is 47.4 Å². The number of nitrogens with zero attached hydrogens (tertiary/aromatic N) is 3. The summed E-state index contributed by atoms with van der Waals surface area (Å²) in [5.74, 6) is -0.164. The van der Waals surface area contributed by atoms with Crippen molar-refractivity contribution in [1.82, 2.24) is 9.66 Å². The summed E-state index contributed by atoms with van der Waals surface area (Å²) in [7, 11) is 5.08. The highest BCUT2D eigenvalue weighted by Gasteiger charge is 2.22. The van der Waals surface area contributed by atoms with Crippen molar-refractivity contribution in [3.05, 3.63) is 41.9 Å². The Kier molecular flexibility index (Phi) is 3.55. The van der Waals surface area contributed by atoms with E-state index in [0.29, 0.717) is 0 Å². The number of benzene rings is 1. The maximum absolute atomic E-state index is 11.8. The van der Waals surface area contributed by atoms with E-state index in [1.165, 1.54) is 7.11 Å². The van der Waals surface area contributed by atoms with Crippen LogP contribution in [0.25, 0.3) is 11.3 Å². The Balaban J connectivity index is 2.67. The highest BCUT2D eigenvalue weighted by Crippen LogP contribution is 2.24. The first kappa shape index (κ1) is 13.1. The van der Waals surface area contributed by atoms with Gasteiger partial charge in [0.05, 0.1) is 18.5 Å². The second-order valence-electron chi connectivity index (χ2n) is 4.39. The summed E-state index contributed by atoms with van der Waals surface area (Å²) in [4.78, 5) is 16.1. The number of rotatable bonds is 3. The third kappa shape index (κ3) is 2.31. The van der Waals surface area contributed by atoms with Gasteiger partial charge in [-0.15, -0.1) is 0 Å². The SMILES string of the molecule is COC(=O)c1nc(C)c(-c2ccccc2)n1N(C)C. The molecule has 0 fully saturated rings. The average Bonchev–Trinajstić information content (AvgIpc) is 2.76. The molecule has 0 aliphatic rings. The lowest BCUT2D eigenvalue weighted by molar-refractivity contribution is 0.0581. The number of carbonyl (C=O) groups is 1. The van der Waals surface area contributed by atoms with Crippen molar-refractivity contribution in [2.45, 2.75) is 6.92 Å². The Hall–Kier alpha value is -2.30. The Morgan fingerprint density at radius 3 is 2.42 bits per heavy atom. The van der Waals surface area contributed by atoms with Gasteiger partial charge in [-0.05, 0) is 6.92 Å². The number of aromatic nitrogens is 2. The first-order chi connectivity index (χ1) is 9.06. The van der Waals surface area contributed by atoms with E-state index in [1.54, 1.807) is 4.68 Å². The third-order valence-electron chi connectivity index (χ3n) is 2.84. The average molecular weight is 259 g/mol. The Labute approximate surface area is 112 Å². The van der Waals surface area contributed by atoms with Gasteiger partial charge in [0.15, 0.2) is 0 Å². The standard InChI is InChI=1S/C14H17N3O2/c1-10-12(11-8-6-5-7-9-11)17(16(2)3)13(15-10)14(18)19-4/h5-9H,1-4H3. The largest absolute Gasteiger partial charge is 0.463 e. The van der Waals surface area contributed by atoms with E-state index >= 15 is 0 Å². The van der Waals surface area contributed by atoms with Crippen LogP contribution in [-0.4, -0.2) is 36.8 Å². The second kappa shape index (κ2) is 5.14. The van der Waals surface area contributed by atoms with E-state index in [2.05, 4.69) is 4.98 Å². The van der Waals surface area contributed by atoms with Crippen LogP contribution in [0.4, 0.5) is 0 Å². The minimum atomic E-state index is -0.445. The van der Waals surface area contributed by atoms with Crippen molar-refractivity contribution in [2.24, 2.45) is 0 Å². The zero-order valence-corrected chi connectivity index (χ0v) is 11.5. The molecule has 0 radical (unpaired) electrons. The van der Waals surface area contributed by atoms with Gasteiger partial charge in [0, 0.05) is 19.7 Å². The van der Waals surface area contributed by atoms with Gasteiger partial charge in [0.1, 0.15) is 0 Å². The highest BCUT2D eigenvalue weighted by molar-refractivity contribution is 5.87. The van der Waals surface area contributed by atoms with Crippen LogP contribution in [-0.2, 0) is 4.74 Å². The molecule has 0 atom stereocenters. The van der Waals surface area contributed by atoms with Gasteiger partial charge in [0.2, 0.25) is 5.82 Å². The zero-order valence-electron chi connectivity index (χ0n) is 11.5. The number of carbonyl (C=O) groups excluding carboxylic acids is 1. The molecule has 0 aliphatic heterocycles. The number of ether oxygens (including phenoxy) is 1. The monoisotopic (exact) mass is 259 g/mol. The van der Waals surface area contributed by atoms with E-state index in [0.717, 1.165) is 17.0 Å². The summed E-state index contributed by atoms with van der Waals surface area (Å²) in [6.45, 7) is 1.88. The first-order valence-corrected chi connectivity index (χ1v) is 5.97. The molecule has 0 unspecified atom stereocenters. The van der Waals surface area contributed by atoms with E-state index in [-0.39, 0.29) is 5.82 Å². The van der Waals surface area contributed by atoms with Gasteiger partial charge >= 0.3 is 5.97 Å².